The van der Waals surface area contributed by atoms with E-state index < -0.39 is 16.1 Å². The molecule has 1 atom stereocenters. The highest BCUT2D eigenvalue weighted by Gasteiger charge is 2.38. The number of hydrogen-bond donors (Lipinski definition) is 1. The fourth-order valence-corrected chi connectivity index (χ4v) is 6.40. The van der Waals surface area contributed by atoms with Gasteiger partial charge in [0.1, 0.15) is 6.04 Å². The molecule has 9 nitrogen and oxygen atoms in total. The van der Waals surface area contributed by atoms with Crippen LogP contribution in [0.5, 0.6) is 0 Å². The van der Waals surface area contributed by atoms with Crippen LogP contribution in [0, 0.1) is 0 Å². The summed E-state index contributed by atoms with van der Waals surface area (Å²) in [5.74, 6) is -0.427. The van der Waals surface area contributed by atoms with Crippen molar-refractivity contribution in [1.29, 1.82) is 0 Å². The standard InChI is InChI=1S/C23H34N4O5S/c1-18(28)27-21-7-6-20(33(30,31)26-12-14-32-15-13-26)16-19(21)17-22(27)23(29)24-8-5-11-25-9-3-2-4-10-25/h6-7,16,22H,2-5,8-15,17H2,1H3,(H,24,29). The molecule has 2 fully saturated rings. The predicted molar refractivity (Wildman–Crippen MR) is 125 cm³/mol. The van der Waals surface area contributed by atoms with Gasteiger partial charge < -0.3 is 15.0 Å². The first-order valence-electron chi connectivity index (χ1n) is 11.9. The number of carbonyl (C=O) groups excluding carboxylic acids is 2. The molecule has 1 N–H and O–H groups in total. The third kappa shape index (κ3) is 5.40. The SMILES string of the molecule is CC(=O)N1c2ccc(S(=O)(=O)N3CCOCC3)cc2CC1C(=O)NCCCN1CCCCC1. The first-order valence-corrected chi connectivity index (χ1v) is 13.3. The Balaban J connectivity index is 1.41. The van der Waals surface area contributed by atoms with E-state index in [1.807, 2.05) is 0 Å². The summed E-state index contributed by atoms with van der Waals surface area (Å²) in [4.78, 5) is 29.4. The largest absolute Gasteiger partial charge is 0.379 e. The van der Waals surface area contributed by atoms with Crippen molar-refractivity contribution < 1.29 is 22.7 Å². The van der Waals surface area contributed by atoms with Crippen molar-refractivity contribution in [3.8, 4) is 0 Å². The average molecular weight is 479 g/mol. The van der Waals surface area contributed by atoms with Gasteiger partial charge in [0.2, 0.25) is 21.8 Å². The van der Waals surface area contributed by atoms with Crippen molar-refractivity contribution in [3.63, 3.8) is 0 Å². The minimum absolute atomic E-state index is 0.189. The van der Waals surface area contributed by atoms with E-state index in [9.17, 15) is 18.0 Å². The lowest BCUT2D eigenvalue weighted by molar-refractivity contribution is -0.125. The maximum Gasteiger partial charge on any atom is 0.243 e. The fraction of sp³-hybridized carbons (Fsp3) is 0.652. The molecule has 1 unspecified atom stereocenters. The number of fused-ring (bicyclic) bond motifs is 1. The van der Waals surface area contributed by atoms with Gasteiger partial charge in [0.15, 0.2) is 0 Å². The quantitative estimate of drug-likeness (QED) is 0.587. The molecule has 0 aromatic heterocycles. The molecule has 0 saturated carbocycles. The third-order valence-corrected chi connectivity index (χ3v) is 8.58. The van der Waals surface area contributed by atoms with Gasteiger partial charge in [0.05, 0.1) is 18.1 Å². The number of ether oxygens (including phenoxy) is 1. The maximum absolute atomic E-state index is 13.0. The summed E-state index contributed by atoms with van der Waals surface area (Å²) < 4.78 is 32.7. The molecule has 33 heavy (non-hydrogen) atoms. The molecule has 0 bridgehead atoms. The summed E-state index contributed by atoms with van der Waals surface area (Å²) in [5.41, 5.74) is 1.31. The number of nitrogens with zero attached hydrogens (tertiary/aromatic N) is 3. The minimum Gasteiger partial charge on any atom is -0.379 e. The van der Waals surface area contributed by atoms with E-state index in [2.05, 4.69) is 10.2 Å². The number of morpholine rings is 1. The Labute approximate surface area is 196 Å². The Morgan fingerprint density at radius 1 is 1.09 bits per heavy atom. The molecular formula is C23H34N4O5S. The molecule has 3 aliphatic rings. The number of benzene rings is 1. The van der Waals surface area contributed by atoms with Gasteiger partial charge in [-0.2, -0.15) is 4.31 Å². The van der Waals surface area contributed by atoms with Crippen LogP contribution < -0.4 is 10.2 Å². The third-order valence-electron chi connectivity index (χ3n) is 6.68. The number of rotatable bonds is 7. The van der Waals surface area contributed by atoms with Crippen LogP contribution >= 0.6 is 0 Å². The number of sulfonamides is 1. The van der Waals surface area contributed by atoms with Crippen molar-refractivity contribution in [2.24, 2.45) is 0 Å². The topological polar surface area (TPSA) is 99.3 Å². The summed E-state index contributed by atoms with van der Waals surface area (Å²) in [6.45, 7) is 6.60. The van der Waals surface area contributed by atoms with Crippen LogP contribution in [0.3, 0.4) is 0 Å². The number of carbonyl (C=O) groups is 2. The second-order valence-electron chi connectivity index (χ2n) is 8.96. The molecule has 2 amide bonds. The number of nitrogens with one attached hydrogen (secondary N) is 1. The van der Waals surface area contributed by atoms with Crippen LogP contribution in [-0.2, 0) is 30.8 Å². The molecule has 0 radical (unpaired) electrons. The highest BCUT2D eigenvalue weighted by molar-refractivity contribution is 7.89. The van der Waals surface area contributed by atoms with Crippen LogP contribution in [0.4, 0.5) is 5.69 Å². The average Bonchev–Trinajstić information content (AvgIpc) is 3.22. The Morgan fingerprint density at radius 2 is 1.82 bits per heavy atom. The second kappa shape index (κ2) is 10.5. The van der Waals surface area contributed by atoms with Gasteiger partial charge in [0.25, 0.3) is 0 Å². The minimum atomic E-state index is -3.64. The molecule has 2 saturated heterocycles. The lowest BCUT2D eigenvalue weighted by Gasteiger charge is -2.27. The van der Waals surface area contributed by atoms with Crippen molar-refractivity contribution in [2.75, 3.05) is 57.4 Å². The highest BCUT2D eigenvalue weighted by Crippen LogP contribution is 2.35. The number of hydrogen-bond acceptors (Lipinski definition) is 6. The van der Waals surface area contributed by atoms with Crippen LogP contribution in [0.1, 0.15) is 38.2 Å². The van der Waals surface area contributed by atoms with Gasteiger partial charge in [-0.1, -0.05) is 6.42 Å². The molecule has 3 aliphatic heterocycles. The van der Waals surface area contributed by atoms with Crippen molar-refractivity contribution in [3.05, 3.63) is 23.8 Å². The Morgan fingerprint density at radius 3 is 2.52 bits per heavy atom. The van der Waals surface area contributed by atoms with E-state index in [0.29, 0.717) is 50.5 Å². The maximum atomic E-state index is 13.0. The smallest absolute Gasteiger partial charge is 0.243 e. The van der Waals surface area contributed by atoms with Gasteiger partial charge in [-0.05, 0) is 62.7 Å². The number of amides is 2. The summed E-state index contributed by atoms with van der Waals surface area (Å²) in [5, 5.41) is 2.98. The monoisotopic (exact) mass is 478 g/mol. The molecule has 1 aromatic carbocycles. The van der Waals surface area contributed by atoms with Gasteiger partial charge in [-0.25, -0.2) is 8.42 Å². The summed E-state index contributed by atoms with van der Waals surface area (Å²) in [6, 6.07) is 4.13. The Bertz CT molecular complexity index is 971. The number of anilines is 1. The molecule has 4 rings (SSSR count). The zero-order valence-electron chi connectivity index (χ0n) is 19.3. The molecule has 0 spiro atoms. The highest BCUT2D eigenvalue weighted by atomic mass is 32.2. The molecular weight excluding hydrogens is 444 g/mol. The van der Waals surface area contributed by atoms with Crippen molar-refractivity contribution in [1.82, 2.24) is 14.5 Å². The molecule has 10 heteroatoms. The predicted octanol–water partition coefficient (Wildman–Crippen LogP) is 0.977. The van der Waals surface area contributed by atoms with Crippen LogP contribution in [0.2, 0.25) is 0 Å². The van der Waals surface area contributed by atoms with Crippen LogP contribution in [-0.4, -0.2) is 88.0 Å². The first kappa shape index (κ1) is 24.1. The normalized spacial score (nSPS) is 22.2. The molecule has 182 valence electrons. The van der Waals surface area contributed by atoms with Gasteiger partial charge in [0, 0.05) is 38.7 Å². The Hall–Kier alpha value is -2.01. The number of piperidine rings is 1. The van der Waals surface area contributed by atoms with E-state index in [0.717, 1.165) is 26.1 Å². The van der Waals surface area contributed by atoms with E-state index in [-0.39, 0.29) is 16.7 Å². The summed E-state index contributed by atoms with van der Waals surface area (Å²) >= 11 is 0. The molecule has 1 aromatic rings. The van der Waals surface area contributed by atoms with E-state index in [1.165, 1.54) is 41.5 Å². The van der Waals surface area contributed by atoms with Crippen LogP contribution in [0.25, 0.3) is 0 Å². The van der Waals surface area contributed by atoms with Gasteiger partial charge >= 0.3 is 0 Å². The zero-order chi connectivity index (χ0) is 23.4. The van der Waals surface area contributed by atoms with Crippen LogP contribution in [0.15, 0.2) is 23.1 Å². The van der Waals surface area contributed by atoms with E-state index >= 15 is 0 Å². The van der Waals surface area contributed by atoms with Crippen molar-refractivity contribution >= 4 is 27.5 Å². The number of likely N-dealkylation sites (tertiary alicyclic amines) is 1. The van der Waals surface area contributed by atoms with Gasteiger partial charge in [-0.3, -0.25) is 14.5 Å². The lowest BCUT2D eigenvalue weighted by atomic mass is 10.1. The zero-order valence-corrected chi connectivity index (χ0v) is 20.1. The summed E-state index contributed by atoms with van der Waals surface area (Å²) in [7, 11) is -3.64. The molecule has 0 aliphatic carbocycles. The van der Waals surface area contributed by atoms with E-state index in [4.69, 9.17) is 4.74 Å². The lowest BCUT2D eigenvalue weighted by Crippen LogP contribution is -2.47. The Kier molecular flexibility index (Phi) is 7.68. The van der Waals surface area contributed by atoms with Crippen molar-refractivity contribution in [2.45, 2.75) is 50.0 Å². The van der Waals surface area contributed by atoms with E-state index in [1.54, 1.807) is 12.1 Å². The molecule has 3 heterocycles. The fourth-order valence-electron chi connectivity index (χ4n) is 4.94. The first-order chi connectivity index (χ1) is 15.9. The second-order valence-corrected chi connectivity index (χ2v) is 10.9. The summed E-state index contributed by atoms with van der Waals surface area (Å²) in [6.07, 6.45) is 4.95. The van der Waals surface area contributed by atoms with Gasteiger partial charge in [-0.15, -0.1) is 0 Å².